The minimum absolute atomic E-state index is 0.180. The molecule has 80 valence electrons. The average molecular weight is 207 g/mol. The number of nitrogens with zero attached hydrogens (tertiary/aromatic N) is 1. The van der Waals surface area contributed by atoms with E-state index in [9.17, 15) is 10.1 Å². The van der Waals surface area contributed by atoms with Crippen LogP contribution in [0.15, 0.2) is 30.0 Å². The van der Waals surface area contributed by atoms with Crippen LogP contribution in [0, 0.1) is 10.1 Å². The zero-order valence-electron chi connectivity index (χ0n) is 8.77. The lowest BCUT2D eigenvalue weighted by Gasteiger charge is -2.03. The van der Waals surface area contributed by atoms with Crippen LogP contribution in [0.4, 0.5) is 0 Å². The van der Waals surface area contributed by atoms with E-state index in [0.717, 1.165) is 5.56 Å². The highest BCUT2D eigenvalue weighted by atomic mass is 16.6. The maximum absolute atomic E-state index is 10.6. The van der Waals surface area contributed by atoms with Crippen LogP contribution in [0.2, 0.25) is 0 Å². The quantitative estimate of drug-likeness (QED) is 0.563. The predicted molar refractivity (Wildman–Crippen MR) is 58.3 cm³/mol. The lowest BCUT2D eigenvalue weighted by Crippen LogP contribution is -1.97. The molecule has 0 aromatic heterocycles. The topological polar surface area (TPSA) is 52.4 Å². The molecule has 4 heteroatoms. The number of methoxy groups -OCH3 is 1. The van der Waals surface area contributed by atoms with E-state index >= 15 is 0 Å². The maximum Gasteiger partial charge on any atom is 0.246 e. The molecule has 0 radical (unpaired) electrons. The number of allylic oxidation sites excluding steroid dienone is 1. The first-order chi connectivity index (χ1) is 7.19. The molecule has 0 atom stereocenters. The summed E-state index contributed by atoms with van der Waals surface area (Å²) in [5.74, 6) is 0.644. The molecule has 0 saturated carbocycles. The van der Waals surface area contributed by atoms with Gasteiger partial charge in [0.1, 0.15) is 5.75 Å². The van der Waals surface area contributed by atoms with Gasteiger partial charge >= 0.3 is 0 Å². The van der Waals surface area contributed by atoms with E-state index < -0.39 is 0 Å². The number of benzene rings is 1. The largest absolute Gasteiger partial charge is 0.496 e. The van der Waals surface area contributed by atoms with Gasteiger partial charge in [-0.3, -0.25) is 10.1 Å². The molecule has 0 heterocycles. The Bertz CT molecular complexity index is 385. The second kappa shape index (κ2) is 5.14. The summed E-state index contributed by atoms with van der Waals surface area (Å²) in [6.45, 7) is 1.75. The standard InChI is InChI=1S/C11H13NO3/c1-3-10(12(13)14)8-9-6-4-5-7-11(9)15-2/h4-8H,3H2,1-2H3. The third-order valence-electron chi connectivity index (χ3n) is 2.06. The molecule has 1 rings (SSSR count). The van der Waals surface area contributed by atoms with Crippen LogP contribution in [-0.4, -0.2) is 12.0 Å². The van der Waals surface area contributed by atoms with E-state index in [-0.39, 0.29) is 10.6 Å². The van der Waals surface area contributed by atoms with Crippen LogP contribution in [0.3, 0.4) is 0 Å². The predicted octanol–water partition coefficient (Wildman–Crippen LogP) is 2.72. The number of nitro groups is 1. The molecule has 0 spiro atoms. The molecule has 1 aromatic carbocycles. The van der Waals surface area contributed by atoms with Crippen molar-refractivity contribution >= 4 is 6.08 Å². The van der Waals surface area contributed by atoms with Gasteiger partial charge in [0.05, 0.1) is 12.0 Å². The summed E-state index contributed by atoms with van der Waals surface area (Å²) in [6.07, 6.45) is 1.93. The first-order valence-electron chi connectivity index (χ1n) is 4.67. The number of ether oxygens (including phenoxy) is 1. The van der Waals surface area contributed by atoms with Crippen LogP contribution in [-0.2, 0) is 0 Å². The molecule has 0 aliphatic rings. The van der Waals surface area contributed by atoms with Crippen molar-refractivity contribution in [2.45, 2.75) is 13.3 Å². The van der Waals surface area contributed by atoms with E-state index in [0.29, 0.717) is 12.2 Å². The molecule has 0 unspecified atom stereocenters. The van der Waals surface area contributed by atoms with Crippen molar-refractivity contribution in [1.29, 1.82) is 0 Å². The fourth-order valence-electron chi connectivity index (χ4n) is 1.25. The molecule has 4 nitrogen and oxygen atoms in total. The van der Waals surface area contributed by atoms with Crippen LogP contribution in [0.25, 0.3) is 6.08 Å². The normalized spacial score (nSPS) is 11.2. The molecule has 0 bridgehead atoms. The van der Waals surface area contributed by atoms with Crippen molar-refractivity contribution < 1.29 is 9.66 Å². The minimum atomic E-state index is -0.369. The third-order valence-corrected chi connectivity index (χ3v) is 2.06. The highest BCUT2D eigenvalue weighted by Gasteiger charge is 2.09. The van der Waals surface area contributed by atoms with Gasteiger partial charge in [0.2, 0.25) is 5.70 Å². The Kier molecular flexibility index (Phi) is 3.85. The number of rotatable bonds is 4. The second-order valence-corrected chi connectivity index (χ2v) is 2.99. The monoisotopic (exact) mass is 207 g/mol. The first-order valence-corrected chi connectivity index (χ1v) is 4.67. The Hall–Kier alpha value is -1.84. The summed E-state index contributed by atoms with van der Waals surface area (Å²) in [6, 6.07) is 7.21. The number of hydrogen-bond donors (Lipinski definition) is 0. The fraction of sp³-hybridized carbons (Fsp3) is 0.273. The van der Waals surface area contributed by atoms with Gasteiger partial charge in [-0.25, -0.2) is 0 Å². The SMILES string of the molecule is CCC(=Cc1ccccc1OC)[N+](=O)[O-]. The molecular formula is C11H13NO3. The van der Waals surface area contributed by atoms with Crippen molar-refractivity contribution in [3.8, 4) is 5.75 Å². The third kappa shape index (κ3) is 2.80. The van der Waals surface area contributed by atoms with Crippen molar-refractivity contribution in [2.75, 3.05) is 7.11 Å². The maximum atomic E-state index is 10.6. The molecular weight excluding hydrogens is 194 g/mol. The van der Waals surface area contributed by atoms with E-state index in [4.69, 9.17) is 4.74 Å². The van der Waals surface area contributed by atoms with Crippen molar-refractivity contribution in [1.82, 2.24) is 0 Å². The van der Waals surface area contributed by atoms with Gasteiger partial charge in [-0.2, -0.15) is 0 Å². The first kappa shape index (κ1) is 11.2. The fourth-order valence-corrected chi connectivity index (χ4v) is 1.25. The summed E-state index contributed by atoms with van der Waals surface area (Å²) < 4.78 is 5.10. The molecule has 0 saturated heterocycles. The Balaban J connectivity index is 3.10. The van der Waals surface area contributed by atoms with Gasteiger partial charge in [0, 0.05) is 18.1 Å². The summed E-state index contributed by atoms with van der Waals surface area (Å²) >= 11 is 0. The highest BCUT2D eigenvalue weighted by molar-refractivity contribution is 5.58. The van der Waals surface area contributed by atoms with Crippen molar-refractivity contribution in [3.63, 3.8) is 0 Å². The summed E-state index contributed by atoms with van der Waals surface area (Å²) in [5, 5.41) is 10.6. The number of hydrogen-bond acceptors (Lipinski definition) is 3. The summed E-state index contributed by atoms with van der Waals surface area (Å²) in [7, 11) is 1.55. The van der Waals surface area contributed by atoms with Gasteiger partial charge in [-0.05, 0) is 6.07 Å². The van der Waals surface area contributed by atoms with E-state index in [1.54, 1.807) is 32.2 Å². The molecule has 0 N–H and O–H groups in total. The van der Waals surface area contributed by atoms with Gasteiger partial charge in [-0.1, -0.05) is 25.1 Å². The van der Waals surface area contributed by atoms with Crippen LogP contribution in [0.5, 0.6) is 5.75 Å². The zero-order chi connectivity index (χ0) is 11.3. The van der Waals surface area contributed by atoms with Crippen molar-refractivity contribution in [3.05, 3.63) is 45.6 Å². The average Bonchev–Trinajstić information content (AvgIpc) is 2.25. The summed E-state index contributed by atoms with van der Waals surface area (Å²) in [4.78, 5) is 10.3. The van der Waals surface area contributed by atoms with Gasteiger partial charge in [-0.15, -0.1) is 0 Å². The molecule has 1 aromatic rings. The molecule has 0 aliphatic carbocycles. The van der Waals surface area contributed by atoms with Crippen LogP contribution >= 0.6 is 0 Å². The van der Waals surface area contributed by atoms with E-state index in [1.807, 2.05) is 12.1 Å². The lowest BCUT2D eigenvalue weighted by atomic mass is 10.1. The highest BCUT2D eigenvalue weighted by Crippen LogP contribution is 2.21. The van der Waals surface area contributed by atoms with Crippen LogP contribution < -0.4 is 4.74 Å². The van der Waals surface area contributed by atoms with Gasteiger partial charge in [0.15, 0.2) is 0 Å². The van der Waals surface area contributed by atoms with Crippen LogP contribution in [0.1, 0.15) is 18.9 Å². The Morgan fingerprint density at radius 2 is 2.20 bits per heavy atom. The molecule has 15 heavy (non-hydrogen) atoms. The molecule has 0 fully saturated rings. The minimum Gasteiger partial charge on any atom is -0.496 e. The molecule has 0 aliphatic heterocycles. The molecule has 0 amide bonds. The Morgan fingerprint density at radius 3 is 2.73 bits per heavy atom. The lowest BCUT2D eigenvalue weighted by molar-refractivity contribution is -0.425. The van der Waals surface area contributed by atoms with E-state index in [2.05, 4.69) is 0 Å². The van der Waals surface area contributed by atoms with Gasteiger partial charge in [0.25, 0.3) is 0 Å². The van der Waals surface area contributed by atoms with Crippen molar-refractivity contribution in [2.24, 2.45) is 0 Å². The Labute approximate surface area is 88.3 Å². The number of para-hydroxylation sites is 1. The smallest absolute Gasteiger partial charge is 0.246 e. The zero-order valence-corrected chi connectivity index (χ0v) is 8.77. The summed E-state index contributed by atoms with van der Waals surface area (Å²) in [5.41, 5.74) is 0.910. The van der Waals surface area contributed by atoms with Gasteiger partial charge < -0.3 is 4.74 Å². The Morgan fingerprint density at radius 1 is 1.53 bits per heavy atom. The second-order valence-electron chi connectivity index (χ2n) is 2.99. The van der Waals surface area contributed by atoms with E-state index in [1.165, 1.54) is 0 Å².